The summed E-state index contributed by atoms with van der Waals surface area (Å²) in [6.45, 7) is 0. The quantitative estimate of drug-likeness (QED) is 0.493. The number of hydrogen-bond donors (Lipinski definition) is 0. The molecule has 0 spiro atoms. The monoisotopic (exact) mass is 352 g/mol. The molecule has 0 aliphatic carbocycles. The van der Waals surface area contributed by atoms with Crippen molar-refractivity contribution in [2.75, 3.05) is 14.2 Å². The van der Waals surface area contributed by atoms with E-state index in [1.807, 2.05) is 23.6 Å². The second-order valence-electron chi connectivity index (χ2n) is 5.06. The molecule has 0 amide bonds. The van der Waals surface area contributed by atoms with E-state index in [4.69, 9.17) is 9.47 Å². The summed E-state index contributed by atoms with van der Waals surface area (Å²) < 4.78 is 10.4. The normalized spacial score (nSPS) is 10.8. The van der Waals surface area contributed by atoms with Crippen LogP contribution in [0.1, 0.15) is 16.1 Å². The van der Waals surface area contributed by atoms with Crippen molar-refractivity contribution in [2.24, 2.45) is 0 Å². The fourth-order valence-corrected chi connectivity index (χ4v) is 2.99. The van der Waals surface area contributed by atoms with Crippen LogP contribution in [-0.2, 0) is 0 Å². The Morgan fingerprint density at radius 1 is 1.16 bits per heavy atom. The van der Waals surface area contributed by atoms with Gasteiger partial charge in [-0.2, -0.15) is 0 Å². The molecule has 6 heteroatoms. The summed E-state index contributed by atoms with van der Waals surface area (Å²) in [4.78, 5) is 21.2. The van der Waals surface area contributed by atoms with Crippen LogP contribution >= 0.6 is 11.3 Å². The molecule has 5 nitrogen and oxygen atoms in total. The number of carbonyl (C=O) groups is 1. The van der Waals surface area contributed by atoms with Crippen molar-refractivity contribution in [3.8, 4) is 22.2 Å². The first kappa shape index (κ1) is 16.9. The minimum Gasteiger partial charge on any atom is -0.497 e. The highest BCUT2D eigenvalue weighted by Gasteiger charge is 2.11. The highest BCUT2D eigenvalue weighted by molar-refractivity contribution is 7.13. The lowest BCUT2D eigenvalue weighted by molar-refractivity contribution is 0.104. The van der Waals surface area contributed by atoms with Gasteiger partial charge in [0, 0.05) is 17.6 Å². The zero-order valence-electron chi connectivity index (χ0n) is 13.8. The van der Waals surface area contributed by atoms with Gasteiger partial charge in [0.1, 0.15) is 16.5 Å². The van der Waals surface area contributed by atoms with E-state index in [1.165, 1.54) is 24.5 Å². The van der Waals surface area contributed by atoms with Crippen molar-refractivity contribution in [3.05, 3.63) is 65.3 Å². The Kier molecular flexibility index (Phi) is 5.20. The molecule has 1 aromatic carbocycles. The van der Waals surface area contributed by atoms with Crippen LogP contribution in [-0.4, -0.2) is 30.0 Å². The third-order valence-electron chi connectivity index (χ3n) is 3.49. The molecule has 0 N–H and O–H groups in total. The summed E-state index contributed by atoms with van der Waals surface area (Å²) in [6.07, 6.45) is 4.91. The van der Waals surface area contributed by atoms with E-state index in [9.17, 15) is 4.79 Å². The fourth-order valence-electron chi connectivity index (χ4n) is 2.22. The van der Waals surface area contributed by atoms with Gasteiger partial charge in [-0.1, -0.05) is 6.07 Å². The van der Waals surface area contributed by atoms with Crippen LogP contribution in [0, 0.1) is 0 Å². The summed E-state index contributed by atoms with van der Waals surface area (Å²) in [6, 6.07) is 10.8. The second kappa shape index (κ2) is 7.72. The molecule has 2 heterocycles. The predicted octanol–water partition coefficient (Wildman–Crippen LogP) is 4.12. The Bertz CT molecular complexity index is 904. The minimum absolute atomic E-state index is 0.160. The molecule has 126 valence electrons. The first-order valence-corrected chi connectivity index (χ1v) is 8.40. The number of rotatable bonds is 6. The summed E-state index contributed by atoms with van der Waals surface area (Å²) >= 11 is 1.49. The number of nitrogens with zero attached hydrogens (tertiary/aromatic N) is 2. The summed E-state index contributed by atoms with van der Waals surface area (Å²) in [5, 5.41) is 2.70. The SMILES string of the molecule is COc1ccc(C(=O)/C=C/c2csc(-c3ccccn3)n2)c(OC)c1. The largest absolute Gasteiger partial charge is 0.497 e. The van der Waals surface area contributed by atoms with Gasteiger partial charge in [0.15, 0.2) is 5.78 Å². The summed E-state index contributed by atoms with van der Waals surface area (Å²) in [5.74, 6) is 0.949. The summed E-state index contributed by atoms with van der Waals surface area (Å²) in [5.41, 5.74) is 2.00. The molecular weight excluding hydrogens is 336 g/mol. The van der Waals surface area contributed by atoms with E-state index in [0.717, 1.165) is 10.7 Å². The third-order valence-corrected chi connectivity index (χ3v) is 4.37. The van der Waals surface area contributed by atoms with Crippen LogP contribution in [0.2, 0.25) is 0 Å². The van der Waals surface area contributed by atoms with Crippen molar-refractivity contribution in [1.82, 2.24) is 9.97 Å². The molecular formula is C19H16N2O3S. The van der Waals surface area contributed by atoms with Crippen LogP contribution in [0.4, 0.5) is 0 Å². The maximum absolute atomic E-state index is 12.4. The van der Waals surface area contributed by atoms with Crippen molar-refractivity contribution in [3.63, 3.8) is 0 Å². The van der Waals surface area contributed by atoms with Gasteiger partial charge in [-0.15, -0.1) is 11.3 Å². The highest BCUT2D eigenvalue weighted by Crippen LogP contribution is 2.26. The lowest BCUT2D eigenvalue weighted by Gasteiger charge is -2.07. The topological polar surface area (TPSA) is 61.3 Å². The van der Waals surface area contributed by atoms with E-state index < -0.39 is 0 Å². The number of aromatic nitrogens is 2. The number of benzene rings is 1. The van der Waals surface area contributed by atoms with Gasteiger partial charge in [-0.25, -0.2) is 4.98 Å². The Hall–Kier alpha value is -2.99. The van der Waals surface area contributed by atoms with Gasteiger partial charge in [-0.3, -0.25) is 9.78 Å². The molecule has 0 unspecified atom stereocenters. The lowest BCUT2D eigenvalue weighted by atomic mass is 10.1. The first-order valence-electron chi connectivity index (χ1n) is 7.52. The number of methoxy groups -OCH3 is 2. The Morgan fingerprint density at radius 3 is 2.76 bits per heavy atom. The number of thiazole rings is 1. The number of carbonyl (C=O) groups excluding carboxylic acids is 1. The fraction of sp³-hybridized carbons (Fsp3) is 0.105. The van der Waals surface area contributed by atoms with Crippen molar-refractivity contribution in [2.45, 2.75) is 0 Å². The molecule has 3 rings (SSSR count). The molecule has 2 aromatic heterocycles. The molecule has 0 atom stereocenters. The van der Waals surface area contributed by atoms with Gasteiger partial charge in [-0.05, 0) is 36.4 Å². The number of hydrogen-bond acceptors (Lipinski definition) is 6. The molecule has 0 fully saturated rings. The van der Waals surface area contributed by atoms with E-state index >= 15 is 0 Å². The zero-order chi connectivity index (χ0) is 17.6. The van der Waals surface area contributed by atoms with Crippen molar-refractivity contribution in [1.29, 1.82) is 0 Å². The number of ether oxygens (including phenoxy) is 2. The lowest BCUT2D eigenvalue weighted by Crippen LogP contribution is -1.99. The minimum atomic E-state index is -0.160. The number of pyridine rings is 1. The van der Waals surface area contributed by atoms with Crippen LogP contribution in [0.25, 0.3) is 16.8 Å². The van der Waals surface area contributed by atoms with Crippen molar-refractivity contribution >= 4 is 23.2 Å². The third kappa shape index (κ3) is 3.92. The molecule has 0 saturated heterocycles. The van der Waals surface area contributed by atoms with Gasteiger partial charge < -0.3 is 9.47 Å². The number of allylic oxidation sites excluding steroid dienone is 1. The molecule has 0 radical (unpaired) electrons. The van der Waals surface area contributed by atoms with Crippen molar-refractivity contribution < 1.29 is 14.3 Å². The molecule has 25 heavy (non-hydrogen) atoms. The highest BCUT2D eigenvalue weighted by atomic mass is 32.1. The Morgan fingerprint density at radius 2 is 2.04 bits per heavy atom. The van der Waals surface area contributed by atoms with Crippen LogP contribution < -0.4 is 9.47 Å². The maximum Gasteiger partial charge on any atom is 0.189 e. The molecule has 0 aliphatic rings. The maximum atomic E-state index is 12.4. The Balaban J connectivity index is 1.78. The van der Waals surface area contributed by atoms with Crippen LogP contribution in [0.15, 0.2) is 54.1 Å². The number of ketones is 1. The van der Waals surface area contributed by atoms with Gasteiger partial charge in [0.05, 0.1) is 31.2 Å². The van der Waals surface area contributed by atoms with Crippen LogP contribution in [0.5, 0.6) is 11.5 Å². The standard InChI is InChI=1S/C19H16N2O3S/c1-23-14-7-8-15(18(11-14)24-2)17(22)9-6-13-12-25-19(21-13)16-5-3-4-10-20-16/h3-12H,1-2H3/b9-6+. The average Bonchev–Trinajstić information content (AvgIpc) is 3.15. The molecule has 0 saturated carbocycles. The predicted molar refractivity (Wildman–Crippen MR) is 98.3 cm³/mol. The van der Waals surface area contributed by atoms with Gasteiger partial charge in [0.25, 0.3) is 0 Å². The average molecular weight is 352 g/mol. The molecule has 0 bridgehead atoms. The Labute approximate surface area is 149 Å². The van der Waals surface area contributed by atoms with Gasteiger partial charge >= 0.3 is 0 Å². The smallest absolute Gasteiger partial charge is 0.189 e. The van der Waals surface area contributed by atoms with E-state index in [2.05, 4.69) is 9.97 Å². The van der Waals surface area contributed by atoms with E-state index in [0.29, 0.717) is 22.8 Å². The molecule has 0 aliphatic heterocycles. The first-order chi connectivity index (χ1) is 12.2. The van der Waals surface area contributed by atoms with Gasteiger partial charge in [0.2, 0.25) is 0 Å². The van der Waals surface area contributed by atoms with Crippen LogP contribution in [0.3, 0.4) is 0 Å². The zero-order valence-corrected chi connectivity index (χ0v) is 14.6. The molecule has 3 aromatic rings. The second-order valence-corrected chi connectivity index (χ2v) is 5.91. The van der Waals surface area contributed by atoms with E-state index in [-0.39, 0.29) is 5.78 Å². The van der Waals surface area contributed by atoms with E-state index in [1.54, 1.807) is 37.6 Å². The summed E-state index contributed by atoms with van der Waals surface area (Å²) in [7, 11) is 3.09.